The molecule has 1 aliphatic heterocycles. The first kappa shape index (κ1) is 26.2. The van der Waals surface area contributed by atoms with E-state index in [1.54, 1.807) is 49.4 Å². The first-order chi connectivity index (χ1) is 19.3. The Labute approximate surface area is 229 Å². The smallest absolute Gasteiger partial charge is 0.269 e. The molecule has 0 unspecified atom stereocenters. The molecule has 0 radical (unpaired) electrons. The molecule has 11 nitrogen and oxygen atoms in total. The highest BCUT2D eigenvalue weighted by Gasteiger charge is 2.36. The number of aromatic nitrogens is 2. The Morgan fingerprint density at radius 1 is 1.00 bits per heavy atom. The lowest BCUT2D eigenvalue weighted by atomic mass is 9.94. The predicted molar refractivity (Wildman–Crippen MR) is 151 cm³/mol. The number of rotatable bonds is 7. The number of amides is 2. The number of allylic oxidation sites excluding steroid dienone is 1. The standard InChI is InChI=1S/C29H26N6O5/c1-17-8-6-10-20(14-17)32-28(36)22-16-30-34-26(19-9-7-11-21(15-19)35(38)39)25(18(2)31-27(22)34)29(37)33-23-12-4-5-13-24(23)40-3/h4-16,26,31H,1-3H3,(H,32,36)(H,33,37)/t26-/m1/s1. The number of methoxy groups -OCH3 is 1. The van der Waals surface area contributed by atoms with Gasteiger partial charge in [-0.3, -0.25) is 19.7 Å². The van der Waals surface area contributed by atoms with Gasteiger partial charge in [-0.05, 0) is 49.2 Å². The number of non-ortho nitro benzene ring substituents is 1. The Morgan fingerprint density at radius 2 is 1.77 bits per heavy atom. The van der Waals surface area contributed by atoms with Gasteiger partial charge in [0.15, 0.2) is 0 Å². The van der Waals surface area contributed by atoms with Crippen molar-refractivity contribution in [3.63, 3.8) is 0 Å². The fraction of sp³-hybridized carbons (Fsp3) is 0.138. The second-order valence-electron chi connectivity index (χ2n) is 9.25. The number of ether oxygens (including phenoxy) is 1. The third kappa shape index (κ3) is 4.99. The van der Waals surface area contributed by atoms with Crippen LogP contribution in [0.1, 0.15) is 34.5 Å². The molecule has 4 aromatic rings. The molecule has 40 heavy (non-hydrogen) atoms. The topological polar surface area (TPSA) is 140 Å². The lowest BCUT2D eigenvalue weighted by Crippen LogP contribution is -2.32. The summed E-state index contributed by atoms with van der Waals surface area (Å²) in [5.74, 6) is -0.0301. The van der Waals surface area contributed by atoms with Gasteiger partial charge in [-0.1, -0.05) is 36.4 Å². The number of carbonyl (C=O) groups excluding carboxylic acids is 2. The third-order valence-corrected chi connectivity index (χ3v) is 6.54. The normalized spacial score (nSPS) is 14.1. The van der Waals surface area contributed by atoms with Gasteiger partial charge in [0.25, 0.3) is 17.5 Å². The van der Waals surface area contributed by atoms with Crippen LogP contribution in [0.3, 0.4) is 0 Å². The Bertz CT molecular complexity index is 1670. The number of nitrogens with one attached hydrogen (secondary N) is 3. The van der Waals surface area contributed by atoms with Gasteiger partial charge >= 0.3 is 0 Å². The average molecular weight is 539 g/mol. The van der Waals surface area contributed by atoms with Crippen molar-refractivity contribution in [2.75, 3.05) is 23.1 Å². The number of aryl methyl sites for hydroxylation is 1. The van der Waals surface area contributed by atoms with Crippen molar-refractivity contribution >= 4 is 34.7 Å². The van der Waals surface area contributed by atoms with E-state index in [0.717, 1.165) is 5.56 Å². The molecule has 2 amide bonds. The average Bonchev–Trinajstić information content (AvgIpc) is 3.36. The zero-order chi connectivity index (χ0) is 28.4. The summed E-state index contributed by atoms with van der Waals surface area (Å²) in [6, 6.07) is 19.5. The summed E-state index contributed by atoms with van der Waals surface area (Å²) in [4.78, 5) is 38.1. The number of carbonyl (C=O) groups is 2. The van der Waals surface area contributed by atoms with Crippen LogP contribution in [0.5, 0.6) is 5.75 Å². The fourth-order valence-corrected chi connectivity index (χ4v) is 4.69. The second kappa shape index (κ2) is 10.7. The number of anilines is 3. The quantitative estimate of drug-likeness (QED) is 0.215. The van der Waals surface area contributed by atoms with Gasteiger partial charge in [0.05, 0.1) is 29.5 Å². The number of hydrogen-bond donors (Lipinski definition) is 3. The van der Waals surface area contributed by atoms with Crippen LogP contribution in [-0.2, 0) is 4.79 Å². The summed E-state index contributed by atoms with van der Waals surface area (Å²) in [7, 11) is 1.50. The monoisotopic (exact) mass is 538 g/mol. The Hall–Kier alpha value is -5.45. The number of fused-ring (bicyclic) bond motifs is 1. The van der Waals surface area contributed by atoms with Crippen LogP contribution in [0.25, 0.3) is 0 Å². The molecule has 0 saturated carbocycles. The van der Waals surface area contributed by atoms with Crippen molar-refractivity contribution in [3.8, 4) is 5.75 Å². The second-order valence-corrected chi connectivity index (χ2v) is 9.25. The van der Waals surface area contributed by atoms with E-state index in [1.807, 2.05) is 25.1 Å². The van der Waals surface area contributed by atoms with Crippen LogP contribution < -0.4 is 20.7 Å². The minimum atomic E-state index is -0.869. The van der Waals surface area contributed by atoms with Crippen LogP contribution in [0.2, 0.25) is 0 Å². The van der Waals surface area contributed by atoms with E-state index in [1.165, 1.54) is 30.1 Å². The number of hydrogen-bond acceptors (Lipinski definition) is 7. The van der Waals surface area contributed by atoms with Crippen LogP contribution in [-0.4, -0.2) is 33.6 Å². The molecule has 2 heterocycles. The zero-order valence-electron chi connectivity index (χ0n) is 22.0. The number of nitro groups is 1. The molecule has 3 aromatic carbocycles. The van der Waals surface area contributed by atoms with E-state index in [-0.39, 0.29) is 16.8 Å². The van der Waals surface area contributed by atoms with Crippen LogP contribution >= 0.6 is 0 Å². The van der Waals surface area contributed by atoms with Gasteiger partial charge < -0.3 is 20.7 Å². The summed E-state index contributed by atoms with van der Waals surface area (Å²) < 4.78 is 6.87. The van der Waals surface area contributed by atoms with Crippen LogP contribution in [0.4, 0.5) is 22.9 Å². The lowest BCUT2D eigenvalue weighted by Gasteiger charge is -2.30. The summed E-state index contributed by atoms with van der Waals surface area (Å²) in [5, 5.41) is 25.0. The van der Waals surface area contributed by atoms with Gasteiger partial charge in [0.2, 0.25) is 0 Å². The maximum absolute atomic E-state index is 13.8. The zero-order valence-corrected chi connectivity index (χ0v) is 22.0. The van der Waals surface area contributed by atoms with Crippen molar-refractivity contribution in [1.82, 2.24) is 9.78 Å². The van der Waals surface area contributed by atoms with E-state index in [4.69, 9.17) is 4.74 Å². The molecule has 0 aliphatic carbocycles. The molecule has 3 N–H and O–H groups in total. The van der Waals surface area contributed by atoms with E-state index >= 15 is 0 Å². The highest BCUT2D eigenvalue weighted by atomic mass is 16.6. The van der Waals surface area contributed by atoms with Crippen molar-refractivity contribution in [3.05, 3.63) is 117 Å². The molecule has 11 heteroatoms. The summed E-state index contributed by atoms with van der Waals surface area (Å²) >= 11 is 0. The third-order valence-electron chi connectivity index (χ3n) is 6.54. The van der Waals surface area contributed by atoms with Crippen molar-refractivity contribution in [2.45, 2.75) is 19.9 Å². The van der Waals surface area contributed by atoms with Gasteiger partial charge in [-0.25, -0.2) is 4.68 Å². The number of nitro benzene ring substituents is 1. The predicted octanol–water partition coefficient (Wildman–Crippen LogP) is 5.29. The van der Waals surface area contributed by atoms with Crippen molar-refractivity contribution in [1.29, 1.82) is 0 Å². The van der Waals surface area contributed by atoms with Gasteiger partial charge in [0, 0.05) is 23.5 Å². The lowest BCUT2D eigenvalue weighted by molar-refractivity contribution is -0.384. The molecule has 1 aliphatic rings. The minimum absolute atomic E-state index is 0.135. The van der Waals surface area contributed by atoms with Crippen LogP contribution in [0, 0.1) is 17.0 Å². The Balaban J connectivity index is 1.58. The molecular weight excluding hydrogens is 512 g/mol. The minimum Gasteiger partial charge on any atom is -0.495 e. The summed E-state index contributed by atoms with van der Waals surface area (Å²) in [6.45, 7) is 3.63. The summed E-state index contributed by atoms with van der Waals surface area (Å²) in [5.41, 5.74) is 3.37. The number of para-hydroxylation sites is 2. The Morgan fingerprint density at radius 3 is 2.52 bits per heavy atom. The fourth-order valence-electron chi connectivity index (χ4n) is 4.69. The largest absolute Gasteiger partial charge is 0.495 e. The SMILES string of the molecule is COc1ccccc1NC(=O)C1=C(C)Nc2c(C(=O)Nc3cccc(C)c3)cnn2[C@@H]1c1cccc([N+](=O)[O-])c1. The van der Waals surface area contributed by atoms with Gasteiger partial charge in [-0.2, -0.15) is 5.10 Å². The molecule has 0 fully saturated rings. The molecule has 1 aromatic heterocycles. The molecule has 0 spiro atoms. The molecule has 0 saturated heterocycles. The number of nitrogens with zero attached hydrogens (tertiary/aromatic N) is 3. The van der Waals surface area contributed by atoms with E-state index in [0.29, 0.717) is 34.2 Å². The molecule has 0 bridgehead atoms. The highest BCUT2D eigenvalue weighted by Crippen LogP contribution is 2.39. The Kier molecular flexibility index (Phi) is 7.02. The maximum atomic E-state index is 13.8. The first-order valence-corrected chi connectivity index (χ1v) is 12.4. The number of benzene rings is 3. The molecule has 5 rings (SSSR count). The molecular formula is C29H26N6O5. The van der Waals surface area contributed by atoms with E-state index in [2.05, 4.69) is 21.0 Å². The maximum Gasteiger partial charge on any atom is 0.269 e. The van der Waals surface area contributed by atoms with E-state index in [9.17, 15) is 19.7 Å². The first-order valence-electron chi connectivity index (χ1n) is 12.4. The van der Waals surface area contributed by atoms with E-state index < -0.39 is 22.8 Å². The van der Waals surface area contributed by atoms with Gasteiger partial charge in [0.1, 0.15) is 23.2 Å². The molecule has 1 atom stereocenters. The van der Waals surface area contributed by atoms with Crippen LogP contribution in [0.15, 0.2) is 90.3 Å². The summed E-state index contributed by atoms with van der Waals surface area (Å²) in [6.07, 6.45) is 1.41. The van der Waals surface area contributed by atoms with Gasteiger partial charge in [-0.15, -0.1) is 0 Å². The molecule has 202 valence electrons. The van der Waals surface area contributed by atoms with Crippen molar-refractivity contribution < 1.29 is 19.2 Å². The highest BCUT2D eigenvalue weighted by molar-refractivity contribution is 6.09. The van der Waals surface area contributed by atoms with Crippen molar-refractivity contribution in [2.24, 2.45) is 0 Å².